The molecule has 0 fully saturated rings. The maximum atomic E-state index is 2.40. The number of rotatable bonds is 7. The summed E-state index contributed by atoms with van der Waals surface area (Å²) in [5.41, 5.74) is 2.88. The van der Waals surface area contributed by atoms with Crippen LogP contribution in [0, 0.1) is 17.8 Å². The Bertz CT molecular complexity index is 787. The van der Waals surface area contributed by atoms with Crippen molar-refractivity contribution in [3.8, 4) is 0 Å². The van der Waals surface area contributed by atoms with Gasteiger partial charge in [0.2, 0.25) is 0 Å². The molecule has 0 saturated heterocycles. The molecule has 25 heavy (non-hydrogen) atoms. The minimum Gasteiger partial charge on any atom is -0.0651 e. The zero-order valence-corrected chi connectivity index (χ0v) is 15.7. The van der Waals surface area contributed by atoms with Crippen LogP contribution in [0.15, 0.2) is 72.8 Å². The summed E-state index contributed by atoms with van der Waals surface area (Å²) in [4.78, 5) is 0. The van der Waals surface area contributed by atoms with E-state index in [4.69, 9.17) is 0 Å². The summed E-state index contributed by atoms with van der Waals surface area (Å²) in [6.45, 7) is 7.09. The van der Waals surface area contributed by atoms with E-state index in [1.807, 2.05) is 0 Å². The van der Waals surface area contributed by atoms with Crippen molar-refractivity contribution in [1.29, 1.82) is 0 Å². The Balaban J connectivity index is 1.77. The molecule has 0 bridgehead atoms. The van der Waals surface area contributed by atoms with Crippen LogP contribution in [0.5, 0.6) is 0 Å². The Kier molecular flexibility index (Phi) is 5.91. The van der Waals surface area contributed by atoms with Crippen molar-refractivity contribution in [2.75, 3.05) is 0 Å². The topological polar surface area (TPSA) is 0 Å². The van der Waals surface area contributed by atoms with Gasteiger partial charge >= 0.3 is 0 Å². The van der Waals surface area contributed by atoms with E-state index >= 15 is 0 Å². The molecule has 3 aromatic rings. The van der Waals surface area contributed by atoms with Gasteiger partial charge in [-0.2, -0.15) is 0 Å². The van der Waals surface area contributed by atoms with Gasteiger partial charge in [-0.25, -0.2) is 0 Å². The maximum absolute atomic E-state index is 2.40. The molecule has 0 nitrogen and oxygen atoms in total. The molecule has 3 aromatic carbocycles. The average molecular weight is 330 g/mol. The third-order valence-corrected chi connectivity index (χ3v) is 5.49. The molecule has 0 saturated carbocycles. The van der Waals surface area contributed by atoms with Crippen LogP contribution < -0.4 is 0 Å². The molecule has 0 heterocycles. The van der Waals surface area contributed by atoms with Crippen LogP contribution in [0.2, 0.25) is 0 Å². The molecule has 0 amide bonds. The van der Waals surface area contributed by atoms with Gasteiger partial charge in [-0.05, 0) is 52.5 Å². The van der Waals surface area contributed by atoms with Gasteiger partial charge in [0.15, 0.2) is 0 Å². The molecule has 3 rings (SSSR count). The van der Waals surface area contributed by atoms with Gasteiger partial charge in [-0.1, -0.05) is 100.0 Å². The van der Waals surface area contributed by atoms with Crippen LogP contribution in [0.3, 0.4) is 0 Å². The molecular weight excluding hydrogens is 300 g/mol. The highest BCUT2D eigenvalue weighted by atomic mass is 14.3. The number of fused-ring (bicyclic) bond motifs is 1. The lowest BCUT2D eigenvalue weighted by Gasteiger charge is -2.29. The van der Waals surface area contributed by atoms with E-state index in [0.29, 0.717) is 11.8 Å². The fourth-order valence-electron chi connectivity index (χ4n) is 3.78. The van der Waals surface area contributed by atoms with Crippen LogP contribution >= 0.6 is 0 Å². The maximum Gasteiger partial charge on any atom is -0.0138 e. The highest BCUT2D eigenvalue weighted by Gasteiger charge is 2.24. The van der Waals surface area contributed by atoms with Gasteiger partial charge in [-0.15, -0.1) is 0 Å². The van der Waals surface area contributed by atoms with Gasteiger partial charge in [0.25, 0.3) is 0 Å². The number of hydrogen-bond acceptors (Lipinski definition) is 0. The second kappa shape index (κ2) is 8.34. The van der Waals surface area contributed by atoms with E-state index in [1.54, 1.807) is 5.92 Å². The molecule has 129 valence electrons. The number of benzene rings is 3. The molecule has 0 aromatic heterocycles. The van der Waals surface area contributed by atoms with Crippen molar-refractivity contribution >= 4 is 10.8 Å². The first-order chi connectivity index (χ1) is 12.2. The predicted octanol–water partition coefficient (Wildman–Crippen LogP) is 6.88. The van der Waals surface area contributed by atoms with E-state index in [2.05, 4.69) is 93.6 Å². The van der Waals surface area contributed by atoms with Gasteiger partial charge < -0.3 is 0 Å². The SMILES string of the molecule is CCC(C)[C](Cc1ccccc1)C(C)Cc1ccc2ccccc2c1. The lowest BCUT2D eigenvalue weighted by Crippen LogP contribution is -2.21. The van der Waals surface area contributed by atoms with Gasteiger partial charge in [-0.3, -0.25) is 0 Å². The lowest BCUT2D eigenvalue weighted by atomic mass is 9.76. The predicted molar refractivity (Wildman–Crippen MR) is 110 cm³/mol. The van der Waals surface area contributed by atoms with Crippen LogP contribution in [0.1, 0.15) is 38.3 Å². The summed E-state index contributed by atoms with van der Waals surface area (Å²) in [5, 5.41) is 2.68. The van der Waals surface area contributed by atoms with Crippen LogP contribution in [0.4, 0.5) is 0 Å². The summed E-state index contributed by atoms with van der Waals surface area (Å²) in [7, 11) is 0. The first kappa shape index (κ1) is 17.7. The molecular formula is C25H29. The second-order valence-electron chi connectivity index (χ2n) is 7.33. The Morgan fingerprint density at radius 2 is 1.40 bits per heavy atom. The van der Waals surface area contributed by atoms with E-state index < -0.39 is 0 Å². The second-order valence-corrected chi connectivity index (χ2v) is 7.33. The smallest absolute Gasteiger partial charge is 0.0138 e. The lowest BCUT2D eigenvalue weighted by molar-refractivity contribution is 0.433. The largest absolute Gasteiger partial charge is 0.0651 e. The van der Waals surface area contributed by atoms with Crippen molar-refractivity contribution in [2.24, 2.45) is 11.8 Å². The summed E-state index contributed by atoms with van der Waals surface area (Å²) >= 11 is 0. The zero-order chi connectivity index (χ0) is 17.6. The van der Waals surface area contributed by atoms with Crippen molar-refractivity contribution in [1.82, 2.24) is 0 Å². The van der Waals surface area contributed by atoms with Gasteiger partial charge in [0.1, 0.15) is 0 Å². The van der Waals surface area contributed by atoms with E-state index in [1.165, 1.54) is 28.3 Å². The molecule has 2 unspecified atom stereocenters. The Morgan fingerprint density at radius 1 is 0.720 bits per heavy atom. The van der Waals surface area contributed by atoms with E-state index in [0.717, 1.165) is 12.8 Å². The van der Waals surface area contributed by atoms with Crippen LogP contribution in [-0.4, -0.2) is 0 Å². The molecule has 2 atom stereocenters. The minimum absolute atomic E-state index is 0.594. The third-order valence-electron chi connectivity index (χ3n) is 5.49. The molecule has 0 aliphatic rings. The van der Waals surface area contributed by atoms with E-state index in [9.17, 15) is 0 Å². The highest BCUT2D eigenvalue weighted by Crippen LogP contribution is 2.32. The van der Waals surface area contributed by atoms with E-state index in [-0.39, 0.29) is 0 Å². The first-order valence-electron chi connectivity index (χ1n) is 9.54. The van der Waals surface area contributed by atoms with Crippen molar-refractivity contribution in [3.63, 3.8) is 0 Å². The summed E-state index contributed by atoms with van der Waals surface area (Å²) in [6.07, 6.45) is 3.44. The normalized spacial score (nSPS) is 13.9. The van der Waals surface area contributed by atoms with Crippen LogP contribution in [0.25, 0.3) is 10.8 Å². The molecule has 0 spiro atoms. The van der Waals surface area contributed by atoms with Gasteiger partial charge in [0, 0.05) is 0 Å². The van der Waals surface area contributed by atoms with Crippen molar-refractivity contribution < 1.29 is 0 Å². The Labute approximate surface area is 152 Å². The van der Waals surface area contributed by atoms with Crippen LogP contribution in [-0.2, 0) is 12.8 Å². The Morgan fingerprint density at radius 3 is 2.12 bits per heavy atom. The molecule has 1 radical (unpaired) electrons. The fourth-order valence-corrected chi connectivity index (χ4v) is 3.78. The minimum atomic E-state index is 0.594. The summed E-state index contributed by atoms with van der Waals surface area (Å²) < 4.78 is 0. The molecule has 0 heteroatoms. The highest BCUT2D eigenvalue weighted by molar-refractivity contribution is 5.83. The quantitative estimate of drug-likeness (QED) is 0.443. The Hall–Kier alpha value is -2.08. The molecule has 0 N–H and O–H groups in total. The monoisotopic (exact) mass is 329 g/mol. The third kappa shape index (κ3) is 4.51. The standard InChI is InChI=1S/C25H29/c1-4-19(2)25(18-21-10-6-5-7-11-21)20(3)16-22-14-15-23-12-8-9-13-24(23)17-22/h5-15,17,19-20H,4,16,18H2,1-3H3. The fraction of sp³-hybridized carbons (Fsp3) is 0.320. The number of hydrogen-bond donors (Lipinski definition) is 0. The van der Waals surface area contributed by atoms with Gasteiger partial charge in [0.05, 0.1) is 0 Å². The molecule has 0 aliphatic carbocycles. The van der Waals surface area contributed by atoms with Crippen molar-refractivity contribution in [3.05, 3.63) is 89.8 Å². The summed E-state index contributed by atoms with van der Waals surface area (Å²) in [6, 6.07) is 26.5. The molecule has 0 aliphatic heterocycles. The summed E-state index contributed by atoms with van der Waals surface area (Å²) in [5.74, 6) is 2.94. The zero-order valence-electron chi connectivity index (χ0n) is 15.7. The average Bonchev–Trinajstić information content (AvgIpc) is 2.66. The van der Waals surface area contributed by atoms with Crippen molar-refractivity contribution in [2.45, 2.75) is 40.0 Å². The first-order valence-corrected chi connectivity index (χ1v) is 9.54.